The van der Waals surface area contributed by atoms with E-state index in [9.17, 15) is 15.0 Å². The lowest BCUT2D eigenvalue weighted by Gasteiger charge is -2.26. The SMILES string of the molecule is O=c1cc(CN2CCC[C@H]2C[C@@H](O)c2ccccc2)occ1O. The lowest BCUT2D eigenvalue weighted by molar-refractivity contribution is 0.114. The van der Waals surface area contributed by atoms with Crippen LogP contribution in [0.4, 0.5) is 0 Å². The second-order valence-electron chi connectivity index (χ2n) is 6.02. The summed E-state index contributed by atoms with van der Waals surface area (Å²) in [6.07, 6.45) is 3.34. The van der Waals surface area contributed by atoms with Crippen LogP contribution in [0.15, 0.2) is 51.9 Å². The number of rotatable bonds is 5. The fourth-order valence-electron chi connectivity index (χ4n) is 3.17. The second-order valence-corrected chi connectivity index (χ2v) is 6.02. The summed E-state index contributed by atoms with van der Waals surface area (Å²) in [6, 6.07) is 11.2. The third-order valence-corrected chi connectivity index (χ3v) is 4.40. The van der Waals surface area contributed by atoms with Gasteiger partial charge in [0.1, 0.15) is 12.0 Å². The van der Waals surface area contributed by atoms with E-state index in [0.29, 0.717) is 18.7 Å². The van der Waals surface area contributed by atoms with E-state index >= 15 is 0 Å². The molecule has 0 amide bonds. The minimum atomic E-state index is -0.492. The predicted octanol–water partition coefficient (Wildman–Crippen LogP) is 2.43. The van der Waals surface area contributed by atoms with E-state index in [1.54, 1.807) is 0 Å². The van der Waals surface area contributed by atoms with Gasteiger partial charge < -0.3 is 14.6 Å². The number of nitrogens with zero attached hydrogens (tertiary/aromatic N) is 1. The van der Waals surface area contributed by atoms with Crippen LogP contribution in [0, 0.1) is 0 Å². The number of aliphatic hydroxyl groups is 1. The van der Waals surface area contributed by atoms with Crippen molar-refractivity contribution in [2.75, 3.05) is 6.54 Å². The molecule has 2 N–H and O–H groups in total. The lowest BCUT2D eigenvalue weighted by Crippen LogP contribution is -2.30. The molecule has 0 spiro atoms. The Balaban J connectivity index is 1.65. The molecule has 0 aliphatic carbocycles. The van der Waals surface area contributed by atoms with Crippen LogP contribution in [0.2, 0.25) is 0 Å². The first kappa shape index (κ1) is 15.8. The summed E-state index contributed by atoms with van der Waals surface area (Å²) in [4.78, 5) is 13.7. The molecular weight excluding hydrogens is 294 g/mol. The lowest BCUT2D eigenvalue weighted by atomic mass is 10.0. The van der Waals surface area contributed by atoms with Gasteiger partial charge in [0.2, 0.25) is 5.43 Å². The van der Waals surface area contributed by atoms with E-state index in [-0.39, 0.29) is 11.8 Å². The van der Waals surface area contributed by atoms with Crippen molar-refractivity contribution in [1.29, 1.82) is 0 Å². The van der Waals surface area contributed by atoms with Gasteiger partial charge in [-0.2, -0.15) is 0 Å². The van der Waals surface area contributed by atoms with Crippen LogP contribution >= 0.6 is 0 Å². The average Bonchev–Trinajstić information content (AvgIpc) is 2.98. The summed E-state index contributed by atoms with van der Waals surface area (Å²) in [5, 5.41) is 19.7. The van der Waals surface area contributed by atoms with Crippen molar-refractivity contribution in [2.45, 2.75) is 38.0 Å². The van der Waals surface area contributed by atoms with Crippen LogP contribution in [0.3, 0.4) is 0 Å². The molecule has 2 atom stereocenters. The summed E-state index contributed by atoms with van der Waals surface area (Å²) in [5.74, 6) is 0.167. The van der Waals surface area contributed by atoms with Crippen LogP contribution in [0.5, 0.6) is 5.75 Å². The van der Waals surface area contributed by atoms with Gasteiger partial charge in [0.15, 0.2) is 5.75 Å². The molecular formula is C18H21NO4. The molecule has 2 heterocycles. The van der Waals surface area contributed by atoms with Crippen LogP contribution in [-0.2, 0) is 6.54 Å². The highest BCUT2D eigenvalue weighted by atomic mass is 16.4. The summed E-state index contributed by atoms with van der Waals surface area (Å²) in [6.45, 7) is 1.43. The first-order chi connectivity index (χ1) is 11.1. The molecule has 5 nitrogen and oxygen atoms in total. The predicted molar refractivity (Wildman–Crippen MR) is 86.1 cm³/mol. The number of hydrogen-bond acceptors (Lipinski definition) is 5. The van der Waals surface area contributed by atoms with Gasteiger partial charge >= 0.3 is 0 Å². The molecule has 1 saturated heterocycles. The van der Waals surface area contributed by atoms with Gasteiger partial charge in [-0.15, -0.1) is 0 Å². The van der Waals surface area contributed by atoms with Crippen molar-refractivity contribution in [3.05, 3.63) is 64.2 Å². The van der Waals surface area contributed by atoms with Crippen molar-refractivity contribution in [3.8, 4) is 5.75 Å². The molecule has 23 heavy (non-hydrogen) atoms. The van der Waals surface area contributed by atoms with Crippen molar-refractivity contribution in [3.63, 3.8) is 0 Å². The fourth-order valence-corrected chi connectivity index (χ4v) is 3.17. The normalized spacial score (nSPS) is 19.8. The summed E-state index contributed by atoms with van der Waals surface area (Å²) >= 11 is 0. The Morgan fingerprint density at radius 1 is 1.30 bits per heavy atom. The molecule has 0 bridgehead atoms. The van der Waals surface area contributed by atoms with E-state index in [1.807, 2.05) is 30.3 Å². The zero-order valence-electron chi connectivity index (χ0n) is 12.9. The maximum atomic E-state index is 11.5. The molecule has 122 valence electrons. The topological polar surface area (TPSA) is 73.9 Å². The molecule has 0 unspecified atom stereocenters. The zero-order chi connectivity index (χ0) is 16.2. The maximum absolute atomic E-state index is 11.5. The molecule has 1 aromatic carbocycles. The van der Waals surface area contributed by atoms with E-state index in [4.69, 9.17) is 4.42 Å². The van der Waals surface area contributed by atoms with Gasteiger partial charge in [0.05, 0.1) is 12.6 Å². The Kier molecular flexibility index (Phi) is 4.79. The highest BCUT2D eigenvalue weighted by Crippen LogP contribution is 2.28. The standard InChI is InChI=1S/C18H21NO4/c20-16(13-5-2-1-3-6-13)9-14-7-4-8-19(14)11-15-10-17(21)18(22)12-23-15/h1-3,5-6,10,12,14,16,20,22H,4,7-9,11H2/t14-,16+/m0/s1. The molecule has 0 saturated carbocycles. The van der Waals surface area contributed by atoms with Crippen LogP contribution in [0.25, 0.3) is 0 Å². The number of likely N-dealkylation sites (tertiary alicyclic amines) is 1. The second kappa shape index (κ2) is 6.98. The van der Waals surface area contributed by atoms with Gasteiger partial charge in [-0.25, -0.2) is 0 Å². The Hall–Kier alpha value is -2.11. The smallest absolute Gasteiger partial charge is 0.226 e. The largest absolute Gasteiger partial charge is 0.502 e. The van der Waals surface area contributed by atoms with Gasteiger partial charge in [-0.05, 0) is 31.4 Å². The zero-order valence-corrected chi connectivity index (χ0v) is 12.9. The Bertz CT molecular complexity index is 698. The molecule has 1 aromatic heterocycles. The van der Waals surface area contributed by atoms with Gasteiger partial charge in [0.25, 0.3) is 0 Å². The van der Waals surface area contributed by atoms with Crippen molar-refractivity contribution in [1.82, 2.24) is 4.90 Å². The van der Waals surface area contributed by atoms with Crippen LogP contribution < -0.4 is 5.43 Å². The van der Waals surface area contributed by atoms with Crippen molar-refractivity contribution >= 4 is 0 Å². The molecule has 2 aromatic rings. The molecule has 0 radical (unpaired) electrons. The van der Waals surface area contributed by atoms with Gasteiger partial charge in [-0.1, -0.05) is 30.3 Å². The highest BCUT2D eigenvalue weighted by molar-refractivity contribution is 5.18. The van der Waals surface area contributed by atoms with E-state index in [2.05, 4.69) is 4.90 Å². The molecule has 5 heteroatoms. The Morgan fingerprint density at radius 2 is 2.09 bits per heavy atom. The minimum absolute atomic E-state index is 0.254. The molecule has 1 fully saturated rings. The van der Waals surface area contributed by atoms with Crippen LogP contribution in [0.1, 0.15) is 36.7 Å². The van der Waals surface area contributed by atoms with Gasteiger partial charge in [-0.3, -0.25) is 9.69 Å². The number of benzene rings is 1. The van der Waals surface area contributed by atoms with E-state index in [0.717, 1.165) is 31.2 Å². The van der Waals surface area contributed by atoms with Crippen molar-refractivity contribution < 1.29 is 14.6 Å². The highest BCUT2D eigenvalue weighted by Gasteiger charge is 2.27. The van der Waals surface area contributed by atoms with E-state index < -0.39 is 11.5 Å². The summed E-state index contributed by atoms with van der Waals surface area (Å²) in [5.41, 5.74) is 0.502. The number of aromatic hydroxyl groups is 1. The molecule has 3 rings (SSSR count). The Morgan fingerprint density at radius 3 is 2.83 bits per heavy atom. The third-order valence-electron chi connectivity index (χ3n) is 4.40. The Labute approximate surface area is 134 Å². The first-order valence-electron chi connectivity index (χ1n) is 7.91. The van der Waals surface area contributed by atoms with Gasteiger partial charge in [0, 0.05) is 12.1 Å². The van der Waals surface area contributed by atoms with Crippen LogP contribution in [-0.4, -0.2) is 27.7 Å². The molecule has 1 aliphatic heterocycles. The molecule has 1 aliphatic rings. The minimum Gasteiger partial charge on any atom is -0.502 e. The van der Waals surface area contributed by atoms with E-state index in [1.165, 1.54) is 6.07 Å². The monoisotopic (exact) mass is 315 g/mol. The fraction of sp³-hybridized carbons (Fsp3) is 0.389. The maximum Gasteiger partial charge on any atom is 0.226 e. The summed E-state index contributed by atoms with van der Waals surface area (Å²) < 4.78 is 5.28. The number of aliphatic hydroxyl groups excluding tert-OH is 1. The first-order valence-corrected chi connectivity index (χ1v) is 7.91. The van der Waals surface area contributed by atoms with Crippen molar-refractivity contribution in [2.24, 2.45) is 0 Å². The summed E-state index contributed by atoms with van der Waals surface area (Å²) in [7, 11) is 0. The quantitative estimate of drug-likeness (QED) is 0.886. The third kappa shape index (κ3) is 3.81. The average molecular weight is 315 g/mol. The number of hydrogen-bond donors (Lipinski definition) is 2.